The summed E-state index contributed by atoms with van der Waals surface area (Å²) in [6, 6.07) is 17.7. The van der Waals surface area contributed by atoms with Crippen molar-refractivity contribution < 1.29 is 8.42 Å². The van der Waals surface area contributed by atoms with Crippen molar-refractivity contribution in [1.82, 2.24) is 15.5 Å². The Labute approximate surface area is 179 Å². The third-order valence-electron chi connectivity index (χ3n) is 5.36. The molecule has 1 fully saturated rings. The monoisotopic (exact) mass is 429 g/mol. The van der Waals surface area contributed by atoms with Crippen LogP contribution in [0.4, 0.5) is 0 Å². The number of nitrogens with one attached hydrogen (secondary N) is 2. The summed E-state index contributed by atoms with van der Waals surface area (Å²) in [7, 11) is -1.87. The van der Waals surface area contributed by atoms with Gasteiger partial charge in [0.05, 0.1) is 4.90 Å². The van der Waals surface area contributed by atoms with E-state index in [2.05, 4.69) is 50.9 Å². The number of piperidine rings is 1. The molecule has 8 heteroatoms. The van der Waals surface area contributed by atoms with Gasteiger partial charge in [-0.3, -0.25) is 9.89 Å². The minimum Gasteiger partial charge on any atom is -0.356 e. The van der Waals surface area contributed by atoms with Gasteiger partial charge in [-0.15, -0.1) is 0 Å². The van der Waals surface area contributed by atoms with Crippen LogP contribution >= 0.6 is 0 Å². The van der Waals surface area contributed by atoms with Gasteiger partial charge < -0.3 is 10.6 Å². The highest BCUT2D eigenvalue weighted by molar-refractivity contribution is 7.89. The number of primary sulfonamides is 1. The summed E-state index contributed by atoms with van der Waals surface area (Å²) in [5.41, 5.74) is 2.40. The van der Waals surface area contributed by atoms with Gasteiger partial charge in [-0.1, -0.05) is 42.5 Å². The van der Waals surface area contributed by atoms with Crippen molar-refractivity contribution in [2.24, 2.45) is 10.1 Å². The molecule has 1 aliphatic heterocycles. The van der Waals surface area contributed by atoms with Crippen LogP contribution in [0.1, 0.15) is 24.0 Å². The van der Waals surface area contributed by atoms with Crippen molar-refractivity contribution in [1.29, 1.82) is 0 Å². The number of likely N-dealkylation sites (tertiary alicyclic amines) is 1. The van der Waals surface area contributed by atoms with Crippen LogP contribution in [0.3, 0.4) is 0 Å². The molecule has 2 aromatic carbocycles. The molecule has 7 nitrogen and oxygen atoms in total. The molecule has 162 valence electrons. The number of guanidine groups is 1. The minimum absolute atomic E-state index is 0.135. The molecule has 1 heterocycles. The van der Waals surface area contributed by atoms with E-state index >= 15 is 0 Å². The molecule has 0 atom stereocenters. The zero-order chi connectivity index (χ0) is 21.4. The van der Waals surface area contributed by atoms with Gasteiger partial charge in [0.1, 0.15) is 0 Å². The molecule has 3 rings (SSSR count). The first-order chi connectivity index (χ1) is 14.4. The van der Waals surface area contributed by atoms with Crippen LogP contribution in [0, 0.1) is 0 Å². The van der Waals surface area contributed by atoms with Crippen molar-refractivity contribution >= 4 is 16.0 Å². The Kier molecular flexibility index (Phi) is 7.84. The summed E-state index contributed by atoms with van der Waals surface area (Å²) in [6.45, 7) is 3.85. The lowest BCUT2D eigenvalue weighted by atomic mass is 10.0. The van der Waals surface area contributed by atoms with Crippen LogP contribution in [-0.4, -0.2) is 52.0 Å². The Balaban J connectivity index is 1.39. The van der Waals surface area contributed by atoms with E-state index in [1.165, 1.54) is 5.56 Å². The molecule has 0 spiro atoms. The summed E-state index contributed by atoms with van der Waals surface area (Å²) in [6.07, 6.45) is 2.94. The van der Waals surface area contributed by atoms with E-state index in [0.717, 1.165) is 50.4 Å². The minimum atomic E-state index is -3.64. The lowest BCUT2D eigenvalue weighted by Gasteiger charge is -2.33. The second-order valence-corrected chi connectivity index (χ2v) is 9.18. The first-order valence-corrected chi connectivity index (χ1v) is 11.8. The number of sulfonamides is 1. The summed E-state index contributed by atoms with van der Waals surface area (Å²) in [5, 5.41) is 12.0. The Hall–Kier alpha value is -2.42. The fourth-order valence-electron chi connectivity index (χ4n) is 3.64. The summed E-state index contributed by atoms with van der Waals surface area (Å²) in [5.74, 6) is 0.803. The number of nitrogens with two attached hydrogens (primary N) is 1. The molecule has 0 bridgehead atoms. The van der Waals surface area contributed by atoms with E-state index < -0.39 is 10.0 Å². The number of hydrogen-bond donors (Lipinski definition) is 3. The number of rotatable bonds is 7. The topological polar surface area (TPSA) is 99.8 Å². The number of hydrogen-bond acceptors (Lipinski definition) is 4. The van der Waals surface area contributed by atoms with Crippen LogP contribution in [0.25, 0.3) is 0 Å². The predicted octanol–water partition coefficient (Wildman–Crippen LogP) is 1.71. The van der Waals surface area contributed by atoms with Crippen molar-refractivity contribution in [3.8, 4) is 0 Å². The van der Waals surface area contributed by atoms with Crippen molar-refractivity contribution in [2.45, 2.75) is 36.7 Å². The van der Waals surface area contributed by atoms with Crippen LogP contribution in [0.15, 0.2) is 64.5 Å². The van der Waals surface area contributed by atoms with Gasteiger partial charge in [-0.2, -0.15) is 0 Å². The summed E-state index contributed by atoms with van der Waals surface area (Å²) < 4.78 is 22.7. The maximum absolute atomic E-state index is 11.3. The van der Waals surface area contributed by atoms with Crippen molar-refractivity contribution in [3.05, 3.63) is 65.7 Å². The highest BCUT2D eigenvalue weighted by Crippen LogP contribution is 2.14. The molecular formula is C22H31N5O2S. The second kappa shape index (κ2) is 10.6. The second-order valence-electron chi connectivity index (χ2n) is 7.62. The summed E-state index contributed by atoms with van der Waals surface area (Å²) >= 11 is 0. The Morgan fingerprint density at radius 2 is 1.73 bits per heavy atom. The van der Waals surface area contributed by atoms with Crippen molar-refractivity contribution in [3.63, 3.8) is 0 Å². The standard InChI is InChI=1S/C22H31N5O2S/c1-24-22(25-14-11-18-7-9-21(10-8-18)30(23,28)29)26-20-12-15-27(16-13-20)17-19-5-3-2-4-6-19/h2-10,20H,11-17H2,1H3,(H2,23,28,29)(H2,24,25,26). The smallest absolute Gasteiger partial charge is 0.238 e. The maximum atomic E-state index is 11.3. The van der Waals surface area contributed by atoms with E-state index in [1.807, 2.05) is 0 Å². The zero-order valence-electron chi connectivity index (χ0n) is 17.4. The molecule has 0 aromatic heterocycles. The van der Waals surface area contributed by atoms with Gasteiger partial charge in [0.25, 0.3) is 0 Å². The third-order valence-corrected chi connectivity index (χ3v) is 6.29. The molecule has 0 radical (unpaired) electrons. The molecule has 0 saturated carbocycles. The number of aliphatic imine (C=N–C) groups is 1. The zero-order valence-corrected chi connectivity index (χ0v) is 18.2. The molecule has 0 aliphatic carbocycles. The van der Waals surface area contributed by atoms with Crippen LogP contribution in [0.5, 0.6) is 0 Å². The van der Waals surface area contributed by atoms with E-state index in [0.29, 0.717) is 12.6 Å². The number of nitrogens with zero attached hydrogens (tertiary/aromatic N) is 2. The molecule has 2 aromatic rings. The van der Waals surface area contributed by atoms with Crippen LogP contribution < -0.4 is 15.8 Å². The average Bonchev–Trinajstić information content (AvgIpc) is 2.75. The average molecular weight is 430 g/mol. The molecule has 0 amide bonds. The fraction of sp³-hybridized carbons (Fsp3) is 0.409. The first-order valence-electron chi connectivity index (χ1n) is 10.3. The van der Waals surface area contributed by atoms with Gasteiger partial charge >= 0.3 is 0 Å². The number of benzene rings is 2. The highest BCUT2D eigenvalue weighted by atomic mass is 32.2. The maximum Gasteiger partial charge on any atom is 0.238 e. The Morgan fingerprint density at radius 3 is 2.33 bits per heavy atom. The first kappa shape index (κ1) is 22.3. The molecule has 4 N–H and O–H groups in total. The van der Waals surface area contributed by atoms with Crippen LogP contribution in [-0.2, 0) is 23.0 Å². The van der Waals surface area contributed by atoms with E-state index in [9.17, 15) is 8.42 Å². The van der Waals surface area contributed by atoms with Gasteiger partial charge in [0.2, 0.25) is 10.0 Å². The highest BCUT2D eigenvalue weighted by Gasteiger charge is 2.20. The summed E-state index contributed by atoms with van der Waals surface area (Å²) in [4.78, 5) is 6.96. The predicted molar refractivity (Wildman–Crippen MR) is 121 cm³/mol. The Morgan fingerprint density at radius 1 is 1.07 bits per heavy atom. The van der Waals surface area contributed by atoms with E-state index in [-0.39, 0.29) is 4.90 Å². The SMILES string of the molecule is CN=C(NCCc1ccc(S(N)(=O)=O)cc1)NC1CCN(Cc2ccccc2)CC1. The molecule has 1 saturated heterocycles. The van der Waals surface area contributed by atoms with E-state index in [1.54, 1.807) is 31.3 Å². The molecule has 1 aliphatic rings. The lowest BCUT2D eigenvalue weighted by molar-refractivity contribution is 0.198. The largest absolute Gasteiger partial charge is 0.356 e. The van der Waals surface area contributed by atoms with Crippen LogP contribution in [0.2, 0.25) is 0 Å². The third kappa shape index (κ3) is 6.83. The quantitative estimate of drug-likeness (QED) is 0.460. The molecule has 0 unspecified atom stereocenters. The molecular weight excluding hydrogens is 398 g/mol. The van der Waals surface area contributed by atoms with Gasteiger partial charge in [0.15, 0.2) is 5.96 Å². The lowest BCUT2D eigenvalue weighted by Crippen LogP contribution is -2.48. The van der Waals surface area contributed by atoms with Crippen molar-refractivity contribution in [2.75, 3.05) is 26.7 Å². The van der Waals surface area contributed by atoms with Gasteiger partial charge in [0, 0.05) is 39.3 Å². The fourth-order valence-corrected chi connectivity index (χ4v) is 4.15. The molecule has 30 heavy (non-hydrogen) atoms. The normalized spacial score (nSPS) is 16.4. The van der Waals surface area contributed by atoms with Gasteiger partial charge in [-0.05, 0) is 42.5 Å². The van der Waals surface area contributed by atoms with Gasteiger partial charge in [-0.25, -0.2) is 13.6 Å². The Bertz CT molecular complexity index is 922. The van der Waals surface area contributed by atoms with E-state index in [4.69, 9.17) is 5.14 Å².